The van der Waals surface area contributed by atoms with Crippen molar-refractivity contribution in [2.24, 2.45) is 5.92 Å². The molecule has 2 rings (SSSR count). The molecule has 0 saturated carbocycles. The van der Waals surface area contributed by atoms with E-state index in [9.17, 15) is 5.11 Å². The number of piperidine rings is 1. The van der Waals surface area contributed by atoms with Crippen LogP contribution >= 0.6 is 11.3 Å². The Morgan fingerprint density at radius 1 is 1.73 bits per heavy atom. The van der Waals surface area contributed by atoms with Crippen LogP contribution in [-0.4, -0.2) is 34.2 Å². The molecular formula is C10H17N3OS. The van der Waals surface area contributed by atoms with E-state index in [4.69, 9.17) is 5.73 Å². The number of rotatable bonds is 2. The van der Waals surface area contributed by atoms with Crippen LogP contribution in [0.25, 0.3) is 0 Å². The number of aliphatic hydroxyl groups is 1. The molecule has 0 amide bonds. The van der Waals surface area contributed by atoms with Gasteiger partial charge in [0.25, 0.3) is 0 Å². The Kier molecular flexibility index (Phi) is 3.23. The number of hydrogen-bond donors (Lipinski definition) is 2. The molecule has 1 aliphatic heterocycles. The van der Waals surface area contributed by atoms with Crippen LogP contribution in [0.15, 0.2) is 6.20 Å². The van der Waals surface area contributed by atoms with Gasteiger partial charge in [0.1, 0.15) is 0 Å². The van der Waals surface area contributed by atoms with Gasteiger partial charge in [0.05, 0.1) is 6.10 Å². The van der Waals surface area contributed by atoms with E-state index in [1.54, 1.807) is 11.3 Å². The van der Waals surface area contributed by atoms with Gasteiger partial charge in [0, 0.05) is 30.7 Å². The number of nitrogen functional groups attached to an aromatic ring is 1. The normalized spacial score (nSPS) is 28.1. The second kappa shape index (κ2) is 4.47. The number of anilines is 1. The minimum absolute atomic E-state index is 0.132. The maximum absolute atomic E-state index is 9.61. The molecule has 0 spiro atoms. The molecule has 1 aromatic heterocycles. The zero-order valence-electron chi connectivity index (χ0n) is 8.89. The predicted molar refractivity (Wildman–Crippen MR) is 61.6 cm³/mol. The fraction of sp³-hybridized carbons (Fsp3) is 0.700. The number of likely N-dealkylation sites (tertiary alicyclic amines) is 1. The van der Waals surface area contributed by atoms with E-state index in [0.29, 0.717) is 11.0 Å². The highest BCUT2D eigenvalue weighted by atomic mass is 32.1. The van der Waals surface area contributed by atoms with Crippen molar-refractivity contribution in [1.29, 1.82) is 0 Å². The molecule has 0 aliphatic carbocycles. The highest BCUT2D eigenvalue weighted by molar-refractivity contribution is 7.15. The van der Waals surface area contributed by atoms with Gasteiger partial charge in [-0.3, -0.25) is 4.90 Å². The molecule has 2 unspecified atom stereocenters. The highest BCUT2D eigenvalue weighted by Gasteiger charge is 2.24. The van der Waals surface area contributed by atoms with E-state index in [0.717, 1.165) is 26.1 Å². The van der Waals surface area contributed by atoms with Gasteiger partial charge in [-0.05, 0) is 12.3 Å². The third-order valence-corrected chi connectivity index (χ3v) is 3.71. The zero-order valence-corrected chi connectivity index (χ0v) is 9.70. The van der Waals surface area contributed by atoms with Crippen molar-refractivity contribution in [3.8, 4) is 0 Å². The molecule has 1 saturated heterocycles. The molecule has 5 heteroatoms. The van der Waals surface area contributed by atoms with E-state index < -0.39 is 0 Å². The summed E-state index contributed by atoms with van der Waals surface area (Å²) in [5.41, 5.74) is 5.58. The molecule has 1 aliphatic rings. The smallest absolute Gasteiger partial charge is 0.180 e. The van der Waals surface area contributed by atoms with Crippen molar-refractivity contribution >= 4 is 16.5 Å². The average molecular weight is 227 g/mol. The molecule has 3 N–H and O–H groups in total. The van der Waals surface area contributed by atoms with Crippen LogP contribution in [0, 0.1) is 5.92 Å². The van der Waals surface area contributed by atoms with Crippen LogP contribution in [0.4, 0.5) is 5.13 Å². The Balaban J connectivity index is 1.90. The number of nitrogens with zero attached hydrogens (tertiary/aromatic N) is 2. The lowest BCUT2D eigenvalue weighted by molar-refractivity contribution is 0.0324. The first-order valence-electron chi connectivity index (χ1n) is 5.26. The van der Waals surface area contributed by atoms with Crippen molar-refractivity contribution in [3.05, 3.63) is 11.1 Å². The Morgan fingerprint density at radius 3 is 3.13 bits per heavy atom. The Bertz CT molecular complexity index is 328. The summed E-state index contributed by atoms with van der Waals surface area (Å²) in [4.78, 5) is 7.59. The van der Waals surface area contributed by atoms with Crippen LogP contribution in [0.3, 0.4) is 0 Å². The van der Waals surface area contributed by atoms with Crippen molar-refractivity contribution in [2.45, 2.75) is 26.0 Å². The molecule has 0 aromatic carbocycles. The minimum Gasteiger partial charge on any atom is -0.393 e. The predicted octanol–water partition coefficient (Wildman–Crippen LogP) is 0.928. The van der Waals surface area contributed by atoms with E-state index >= 15 is 0 Å². The topological polar surface area (TPSA) is 62.4 Å². The quantitative estimate of drug-likeness (QED) is 0.789. The molecule has 0 bridgehead atoms. The van der Waals surface area contributed by atoms with Gasteiger partial charge in [0.15, 0.2) is 5.13 Å². The Hall–Kier alpha value is -0.650. The first-order chi connectivity index (χ1) is 7.15. The Morgan fingerprint density at radius 2 is 2.53 bits per heavy atom. The number of thiazole rings is 1. The van der Waals surface area contributed by atoms with Gasteiger partial charge < -0.3 is 10.8 Å². The van der Waals surface area contributed by atoms with Crippen molar-refractivity contribution in [2.75, 3.05) is 18.8 Å². The van der Waals surface area contributed by atoms with E-state index in [1.807, 2.05) is 6.20 Å². The molecule has 1 aromatic rings. The lowest BCUT2D eigenvalue weighted by atomic mass is 9.97. The summed E-state index contributed by atoms with van der Waals surface area (Å²) in [6.07, 6.45) is 2.58. The largest absolute Gasteiger partial charge is 0.393 e. The first kappa shape index (κ1) is 10.9. The second-order valence-corrected chi connectivity index (χ2v) is 5.38. The zero-order chi connectivity index (χ0) is 10.8. The molecule has 4 nitrogen and oxygen atoms in total. The van der Waals surface area contributed by atoms with Crippen LogP contribution in [0.5, 0.6) is 0 Å². The number of aromatic nitrogens is 1. The Labute approximate surface area is 93.7 Å². The lowest BCUT2D eigenvalue weighted by Gasteiger charge is -2.33. The third-order valence-electron chi connectivity index (χ3n) is 2.90. The third kappa shape index (κ3) is 2.68. The van der Waals surface area contributed by atoms with Crippen LogP contribution < -0.4 is 5.73 Å². The number of nitrogens with two attached hydrogens (primary N) is 1. The van der Waals surface area contributed by atoms with E-state index in [1.165, 1.54) is 4.88 Å². The minimum atomic E-state index is -0.132. The SMILES string of the molecule is CC1CN(Cc2cnc(N)s2)CCC1O. The van der Waals surface area contributed by atoms with E-state index in [-0.39, 0.29) is 6.10 Å². The van der Waals surface area contributed by atoms with Crippen molar-refractivity contribution < 1.29 is 5.11 Å². The fourth-order valence-corrected chi connectivity index (χ4v) is 2.71. The van der Waals surface area contributed by atoms with Crippen molar-refractivity contribution in [1.82, 2.24) is 9.88 Å². The average Bonchev–Trinajstić information content (AvgIpc) is 2.58. The number of aliphatic hydroxyl groups excluding tert-OH is 1. The first-order valence-corrected chi connectivity index (χ1v) is 6.07. The molecule has 84 valence electrons. The van der Waals surface area contributed by atoms with E-state index in [2.05, 4.69) is 16.8 Å². The molecule has 0 radical (unpaired) electrons. The molecule has 15 heavy (non-hydrogen) atoms. The molecule has 2 atom stereocenters. The summed E-state index contributed by atoms with van der Waals surface area (Å²) in [5.74, 6) is 0.365. The summed E-state index contributed by atoms with van der Waals surface area (Å²) in [7, 11) is 0. The summed E-state index contributed by atoms with van der Waals surface area (Å²) in [6.45, 7) is 4.92. The van der Waals surface area contributed by atoms with Gasteiger partial charge in [-0.2, -0.15) is 0 Å². The molecule has 2 heterocycles. The summed E-state index contributed by atoms with van der Waals surface area (Å²) in [5, 5.41) is 10.2. The van der Waals surface area contributed by atoms with Crippen LogP contribution in [-0.2, 0) is 6.54 Å². The maximum Gasteiger partial charge on any atom is 0.180 e. The van der Waals surface area contributed by atoms with Crippen molar-refractivity contribution in [3.63, 3.8) is 0 Å². The number of hydrogen-bond acceptors (Lipinski definition) is 5. The van der Waals surface area contributed by atoms with Gasteiger partial charge >= 0.3 is 0 Å². The van der Waals surface area contributed by atoms with Crippen LogP contribution in [0.2, 0.25) is 0 Å². The standard InChI is InChI=1S/C10H17N3OS/c1-7-5-13(3-2-9(7)14)6-8-4-12-10(11)15-8/h4,7,9,14H,2-3,5-6H2,1H3,(H2,11,12). The monoisotopic (exact) mass is 227 g/mol. The summed E-state index contributed by atoms with van der Waals surface area (Å²) < 4.78 is 0. The van der Waals surface area contributed by atoms with Crippen LogP contribution in [0.1, 0.15) is 18.2 Å². The summed E-state index contributed by atoms with van der Waals surface area (Å²) in [6, 6.07) is 0. The van der Waals surface area contributed by atoms with Gasteiger partial charge in [0.2, 0.25) is 0 Å². The van der Waals surface area contributed by atoms with Gasteiger partial charge in [-0.1, -0.05) is 6.92 Å². The maximum atomic E-state index is 9.61. The summed E-state index contributed by atoms with van der Waals surface area (Å²) >= 11 is 1.55. The second-order valence-electron chi connectivity index (χ2n) is 4.23. The fourth-order valence-electron chi connectivity index (χ4n) is 1.98. The van der Waals surface area contributed by atoms with Gasteiger partial charge in [-0.25, -0.2) is 4.98 Å². The molecule has 1 fully saturated rings. The lowest BCUT2D eigenvalue weighted by Crippen LogP contribution is -2.41. The molecular weight excluding hydrogens is 210 g/mol. The highest BCUT2D eigenvalue weighted by Crippen LogP contribution is 2.21. The van der Waals surface area contributed by atoms with Gasteiger partial charge in [-0.15, -0.1) is 11.3 Å².